The summed E-state index contributed by atoms with van der Waals surface area (Å²) in [4.78, 5) is 2.52. The summed E-state index contributed by atoms with van der Waals surface area (Å²) in [5, 5.41) is 12.3. The average Bonchev–Trinajstić information content (AvgIpc) is 2.60. The van der Waals surface area contributed by atoms with E-state index < -0.39 is 0 Å². The third-order valence-corrected chi connectivity index (χ3v) is 3.94. The van der Waals surface area contributed by atoms with Gasteiger partial charge in [0.05, 0.1) is 12.5 Å². The first-order valence-corrected chi connectivity index (χ1v) is 7.18. The number of rotatable bonds is 4. The number of nitriles is 1. The monoisotopic (exact) mass is 257 g/mol. The fraction of sp³-hybridized carbons (Fsp3) is 0.562. The van der Waals surface area contributed by atoms with Gasteiger partial charge in [-0.2, -0.15) is 5.26 Å². The highest BCUT2D eigenvalue weighted by Crippen LogP contribution is 2.12. The summed E-state index contributed by atoms with van der Waals surface area (Å²) in [5.41, 5.74) is 1.39. The van der Waals surface area contributed by atoms with E-state index in [1.54, 1.807) is 0 Å². The molecule has 2 unspecified atom stereocenters. The minimum Gasteiger partial charge on any atom is -0.312 e. The molecule has 1 heterocycles. The number of hydrogen-bond acceptors (Lipinski definition) is 3. The Hall–Kier alpha value is -1.37. The van der Waals surface area contributed by atoms with Crippen LogP contribution >= 0.6 is 0 Å². The van der Waals surface area contributed by atoms with Crippen molar-refractivity contribution in [1.82, 2.24) is 10.2 Å². The second-order valence-electron chi connectivity index (χ2n) is 5.38. The summed E-state index contributed by atoms with van der Waals surface area (Å²) in [6.07, 6.45) is 2.86. The Morgan fingerprint density at radius 2 is 2.16 bits per heavy atom. The maximum Gasteiger partial charge on any atom is 0.0638 e. The van der Waals surface area contributed by atoms with E-state index in [4.69, 9.17) is 5.26 Å². The SMILES string of the molecule is CC1CCNC(CC#N)CN1CCc1ccccc1. The lowest BCUT2D eigenvalue weighted by atomic mass is 10.1. The van der Waals surface area contributed by atoms with Crippen LogP contribution in [0.5, 0.6) is 0 Å². The molecule has 0 bridgehead atoms. The maximum atomic E-state index is 8.86. The summed E-state index contributed by atoms with van der Waals surface area (Å²) in [6, 6.07) is 13.8. The second kappa shape index (κ2) is 7.28. The number of benzene rings is 1. The predicted molar refractivity (Wildman–Crippen MR) is 77.8 cm³/mol. The van der Waals surface area contributed by atoms with Gasteiger partial charge in [-0.15, -0.1) is 0 Å². The lowest BCUT2D eigenvalue weighted by molar-refractivity contribution is 0.207. The van der Waals surface area contributed by atoms with Gasteiger partial charge >= 0.3 is 0 Å². The molecule has 1 aromatic carbocycles. The lowest BCUT2D eigenvalue weighted by Gasteiger charge is -2.28. The van der Waals surface area contributed by atoms with E-state index in [1.165, 1.54) is 5.56 Å². The van der Waals surface area contributed by atoms with E-state index in [2.05, 4.69) is 53.5 Å². The fourth-order valence-electron chi connectivity index (χ4n) is 2.68. The molecule has 3 heteroatoms. The van der Waals surface area contributed by atoms with Crippen LogP contribution in [-0.4, -0.2) is 36.6 Å². The highest BCUT2D eigenvalue weighted by molar-refractivity contribution is 5.14. The first-order chi connectivity index (χ1) is 9.29. The maximum absolute atomic E-state index is 8.86. The molecule has 2 rings (SSSR count). The van der Waals surface area contributed by atoms with Crippen molar-refractivity contribution in [2.45, 2.75) is 38.3 Å². The molecule has 1 aliphatic heterocycles. The Bertz CT molecular complexity index is 410. The van der Waals surface area contributed by atoms with Crippen molar-refractivity contribution in [2.24, 2.45) is 0 Å². The highest BCUT2D eigenvalue weighted by Gasteiger charge is 2.22. The van der Waals surface area contributed by atoms with Crippen LogP contribution in [0, 0.1) is 11.3 Å². The van der Waals surface area contributed by atoms with E-state index in [1.807, 2.05) is 0 Å². The van der Waals surface area contributed by atoms with Crippen molar-refractivity contribution in [3.05, 3.63) is 35.9 Å². The van der Waals surface area contributed by atoms with Crippen LogP contribution < -0.4 is 5.32 Å². The van der Waals surface area contributed by atoms with Crippen LogP contribution in [0.2, 0.25) is 0 Å². The van der Waals surface area contributed by atoms with Crippen molar-refractivity contribution in [3.63, 3.8) is 0 Å². The van der Waals surface area contributed by atoms with Gasteiger partial charge in [0.15, 0.2) is 0 Å². The zero-order valence-electron chi connectivity index (χ0n) is 11.7. The minimum atomic E-state index is 0.325. The Morgan fingerprint density at radius 1 is 1.37 bits per heavy atom. The normalized spacial score (nSPS) is 24.6. The van der Waals surface area contributed by atoms with Crippen molar-refractivity contribution in [2.75, 3.05) is 19.6 Å². The van der Waals surface area contributed by atoms with Gasteiger partial charge in [-0.25, -0.2) is 0 Å². The third kappa shape index (κ3) is 4.34. The molecular formula is C16H23N3. The van der Waals surface area contributed by atoms with Gasteiger partial charge in [0.25, 0.3) is 0 Å². The predicted octanol–water partition coefficient (Wildman–Crippen LogP) is 2.20. The topological polar surface area (TPSA) is 39.1 Å². The van der Waals surface area contributed by atoms with Crippen LogP contribution in [0.3, 0.4) is 0 Å². The van der Waals surface area contributed by atoms with Crippen LogP contribution in [0.4, 0.5) is 0 Å². The minimum absolute atomic E-state index is 0.325. The molecular weight excluding hydrogens is 234 g/mol. The van der Waals surface area contributed by atoms with Crippen LogP contribution in [0.25, 0.3) is 0 Å². The molecule has 0 amide bonds. The summed E-state index contributed by atoms with van der Waals surface area (Å²) in [6.45, 7) is 5.38. The molecule has 0 aliphatic carbocycles. The summed E-state index contributed by atoms with van der Waals surface area (Å²) in [5.74, 6) is 0. The van der Waals surface area contributed by atoms with Gasteiger partial charge in [0.1, 0.15) is 0 Å². The van der Waals surface area contributed by atoms with Gasteiger partial charge in [-0.05, 0) is 31.9 Å². The molecule has 2 atom stereocenters. The van der Waals surface area contributed by atoms with E-state index in [0.717, 1.165) is 32.5 Å². The van der Waals surface area contributed by atoms with E-state index >= 15 is 0 Å². The van der Waals surface area contributed by atoms with E-state index in [-0.39, 0.29) is 0 Å². The lowest BCUT2D eigenvalue weighted by Crippen LogP contribution is -2.40. The summed E-state index contributed by atoms with van der Waals surface area (Å²) >= 11 is 0. The van der Waals surface area contributed by atoms with Gasteiger partial charge in [0.2, 0.25) is 0 Å². The van der Waals surface area contributed by atoms with Crippen LogP contribution in [0.1, 0.15) is 25.3 Å². The number of hydrogen-bond donors (Lipinski definition) is 1. The first kappa shape index (κ1) is 14.0. The van der Waals surface area contributed by atoms with Gasteiger partial charge in [0, 0.05) is 25.2 Å². The van der Waals surface area contributed by atoms with Gasteiger partial charge in [-0.1, -0.05) is 30.3 Å². The van der Waals surface area contributed by atoms with Crippen molar-refractivity contribution >= 4 is 0 Å². The molecule has 0 spiro atoms. The second-order valence-corrected chi connectivity index (χ2v) is 5.38. The zero-order chi connectivity index (χ0) is 13.5. The molecule has 1 saturated heterocycles. The molecule has 0 saturated carbocycles. The van der Waals surface area contributed by atoms with Crippen molar-refractivity contribution < 1.29 is 0 Å². The Morgan fingerprint density at radius 3 is 2.89 bits per heavy atom. The van der Waals surface area contributed by atoms with Gasteiger partial charge < -0.3 is 5.32 Å². The molecule has 1 fully saturated rings. The smallest absolute Gasteiger partial charge is 0.0638 e. The highest BCUT2D eigenvalue weighted by atomic mass is 15.2. The summed E-state index contributed by atoms with van der Waals surface area (Å²) < 4.78 is 0. The first-order valence-electron chi connectivity index (χ1n) is 7.18. The third-order valence-electron chi connectivity index (χ3n) is 3.94. The van der Waals surface area contributed by atoms with Crippen molar-refractivity contribution in [3.8, 4) is 6.07 Å². The van der Waals surface area contributed by atoms with Crippen molar-refractivity contribution in [1.29, 1.82) is 5.26 Å². The molecule has 1 aliphatic rings. The number of nitrogens with zero attached hydrogens (tertiary/aromatic N) is 2. The molecule has 0 radical (unpaired) electrons. The largest absolute Gasteiger partial charge is 0.312 e. The van der Waals surface area contributed by atoms with E-state index in [9.17, 15) is 0 Å². The summed E-state index contributed by atoms with van der Waals surface area (Å²) in [7, 11) is 0. The molecule has 0 aromatic heterocycles. The van der Waals surface area contributed by atoms with Crippen LogP contribution in [-0.2, 0) is 6.42 Å². The molecule has 3 nitrogen and oxygen atoms in total. The Balaban J connectivity index is 1.90. The molecule has 1 N–H and O–H groups in total. The van der Waals surface area contributed by atoms with E-state index in [0.29, 0.717) is 18.5 Å². The Kier molecular flexibility index (Phi) is 5.38. The standard InChI is InChI=1S/C16H23N3/c1-14-8-11-18-16(7-10-17)13-19(14)12-9-15-5-3-2-4-6-15/h2-6,14,16,18H,7-9,11-13H2,1H3. The molecule has 102 valence electrons. The fourth-order valence-corrected chi connectivity index (χ4v) is 2.68. The quantitative estimate of drug-likeness (QED) is 0.898. The number of nitrogens with one attached hydrogen (secondary N) is 1. The average molecular weight is 257 g/mol. The molecule has 1 aromatic rings. The van der Waals surface area contributed by atoms with Gasteiger partial charge in [-0.3, -0.25) is 4.90 Å². The Labute approximate surface area is 116 Å². The molecule has 19 heavy (non-hydrogen) atoms. The van der Waals surface area contributed by atoms with Crippen LogP contribution in [0.15, 0.2) is 30.3 Å². The zero-order valence-corrected chi connectivity index (χ0v) is 11.7.